The molecule has 0 bridgehead atoms. The van der Waals surface area contributed by atoms with Crippen molar-refractivity contribution < 1.29 is 8.42 Å². The molecule has 0 aliphatic rings. The van der Waals surface area contributed by atoms with Gasteiger partial charge in [0.15, 0.2) is 0 Å². The second kappa shape index (κ2) is 6.20. The summed E-state index contributed by atoms with van der Waals surface area (Å²) in [5.41, 5.74) is 1.42. The van der Waals surface area contributed by atoms with Gasteiger partial charge < -0.3 is 4.98 Å². The molecule has 7 nitrogen and oxygen atoms in total. The summed E-state index contributed by atoms with van der Waals surface area (Å²) in [6.45, 7) is 4.28. The van der Waals surface area contributed by atoms with E-state index in [1.165, 1.54) is 21.3 Å². The molecule has 9 heteroatoms. The molecular formula is C16H16ClN3O4S. The Morgan fingerprint density at radius 1 is 1.04 bits per heavy atom. The first kappa shape index (κ1) is 17.5. The van der Waals surface area contributed by atoms with Gasteiger partial charge in [-0.15, -0.1) is 0 Å². The lowest BCUT2D eigenvalue weighted by Gasteiger charge is -2.07. The molecule has 25 heavy (non-hydrogen) atoms. The van der Waals surface area contributed by atoms with Crippen molar-refractivity contribution in [2.24, 2.45) is 0 Å². The first-order valence-corrected chi connectivity index (χ1v) is 10.00. The third-order valence-corrected chi connectivity index (χ3v) is 5.46. The molecule has 132 valence electrons. The van der Waals surface area contributed by atoms with Crippen molar-refractivity contribution in [1.82, 2.24) is 14.1 Å². The molecule has 2 heterocycles. The van der Waals surface area contributed by atoms with Crippen LogP contribution in [0.4, 0.5) is 0 Å². The van der Waals surface area contributed by atoms with Gasteiger partial charge in [0.1, 0.15) is 5.52 Å². The van der Waals surface area contributed by atoms with Crippen LogP contribution in [-0.4, -0.2) is 22.5 Å². The third-order valence-electron chi connectivity index (χ3n) is 4.09. The van der Waals surface area contributed by atoms with Crippen LogP contribution < -0.4 is 11.2 Å². The van der Waals surface area contributed by atoms with Crippen LogP contribution in [0.2, 0.25) is 0 Å². The quantitative estimate of drug-likeness (QED) is 0.700. The van der Waals surface area contributed by atoms with Crippen LogP contribution >= 0.6 is 10.7 Å². The van der Waals surface area contributed by atoms with Gasteiger partial charge in [-0.2, -0.15) is 0 Å². The minimum absolute atomic E-state index is 0.00664. The maximum Gasteiger partial charge on any atom is 0.331 e. The molecule has 3 rings (SSSR count). The van der Waals surface area contributed by atoms with E-state index < -0.39 is 9.05 Å². The van der Waals surface area contributed by atoms with Crippen LogP contribution in [0.25, 0.3) is 22.3 Å². The molecule has 0 fully saturated rings. The van der Waals surface area contributed by atoms with E-state index in [1.807, 2.05) is 6.92 Å². The van der Waals surface area contributed by atoms with Crippen LogP contribution in [0.3, 0.4) is 0 Å². The maximum absolute atomic E-state index is 12.5. The lowest BCUT2D eigenvalue weighted by molar-refractivity contribution is 0.608. The van der Waals surface area contributed by atoms with Crippen molar-refractivity contribution in [1.29, 1.82) is 0 Å². The van der Waals surface area contributed by atoms with Crippen LogP contribution in [0.15, 0.2) is 44.8 Å². The topological polar surface area (TPSA) is 93.9 Å². The van der Waals surface area contributed by atoms with Crippen molar-refractivity contribution in [2.75, 3.05) is 0 Å². The second-order valence-electron chi connectivity index (χ2n) is 5.48. The molecule has 0 radical (unpaired) electrons. The number of rotatable bonds is 4. The number of fused-ring (bicyclic) bond motifs is 1. The summed E-state index contributed by atoms with van der Waals surface area (Å²) in [5, 5.41) is 0. The Labute approximate surface area is 147 Å². The van der Waals surface area contributed by atoms with Gasteiger partial charge in [-0.05, 0) is 37.6 Å². The fraction of sp³-hybridized carbons (Fsp3) is 0.250. The lowest BCUT2D eigenvalue weighted by atomic mass is 10.1. The Hall–Kier alpha value is -2.32. The maximum atomic E-state index is 12.5. The summed E-state index contributed by atoms with van der Waals surface area (Å²) in [6, 6.07) is 7.67. The Bertz CT molecular complexity index is 1170. The summed E-state index contributed by atoms with van der Waals surface area (Å²) in [6.07, 6.45) is 0. The largest absolute Gasteiger partial charge is 0.349 e. The summed E-state index contributed by atoms with van der Waals surface area (Å²) in [7, 11) is 1.52. The number of aromatic nitrogens is 3. The zero-order chi connectivity index (χ0) is 18.4. The van der Waals surface area contributed by atoms with Crippen LogP contribution in [0.5, 0.6) is 0 Å². The minimum Gasteiger partial charge on any atom is -0.349 e. The smallest absolute Gasteiger partial charge is 0.331 e. The molecule has 0 unspecified atom stereocenters. The van der Waals surface area contributed by atoms with Crippen molar-refractivity contribution in [3.63, 3.8) is 0 Å². The van der Waals surface area contributed by atoms with Crippen molar-refractivity contribution in [2.45, 2.75) is 31.8 Å². The molecule has 0 saturated heterocycles. The van der Waals surface area contributed by atoms with Crippen LogP contribution in [-0.2, 0) is 22.1 Å². The van der Waals surface area contributed by atoms with Crippen LogP contribution in [0, 0.1) is 0 Å². The number of nitrogens with one attached hydrogen (secondary N) is 1. The summed E-state index contributed by atoms with van der Waals surface area (Å²) < 4.78 is 25.4. The Morgan fingerprint density at radius 3 is 2.16 bits per heavy atom. The van der Waals surface area contributed by atoms with E-state index in [9.17, 15) is 18.0 Å². The summed E-state index contributed by atoms with van der Waals surface area (Å²) >= 11 is 0. The van der Waals surface area contributed by atoms with Gasteiger partial charge in [-0.25, -0.2) is 13.2 Å². The molecule has 3 aromatic rings. The molecule has 0 spiro atoms. The monoisotopic (exact) mass is 381 g/mol. The molecule has 0 atom stereocenters. The molecular weight excluding hydrogens is 366 g/mol. The highest BCUT2D eigenvalue weighted by molar-refractivity contribution is 8.13. The average Bonchev–Trinajstić information content (AvgIpc) is 3.00. The lowest BCUT2D eigenvalue weighted by Crippen LogP contribution is -2.39. The fourth-order valence-corrected chi connectivity index (χ4v) is 3.60. The average molecular weight is 382 g/mol. The number of benzene rings is 1. The van der Waals surface area contributed by atoms with Crippen LogP contribution in [0.1, 0.15) is 13.8 Å². The molecule has 0 saturated carbocycles. The predicted octanol–water partition coefficient (Wildman–Crippen LogP) is 2.13. The van der Waals surface area contributed by atoms with E-state index in [0.29, 0.717) is 28.8 Å². The van der Waals surface area contributed by atoms with E-state index >= 15 is 0 Å². The summed E-state index contributed by atoms with van der Waals surface area (Å²) in [5.74, 6) is 0. The zero-order valence-corrected chi connectivity index (χ0v) is 15.2. The second-order valence-corrected chi connectivity index (χ2v) is 8.05. The molecule has 1 N–H and O–H groups in total. The molecule has 0 amide bonds. The fourth-order valence-electron chi connectivity index (χ4n) is 2.83. The van der Waals surface area contributed by atoms with Gasteiger partial charge in [0.25, 0.3) is 14.6 Å². The highest BCUT2D eigenvalue weighted by atomic mass is 35.7. The Kier molecular flexibility index (Phi) is 4.34. The highest BCUT2D eigenvalue weighted by Gasteiger charge is 2.15. The predicted molar refractivity (Wildman–Crippen MR) is 96.6 cm³/mol. The number of hydrogen-bond acceptors (Lipinski definition) is 4. The minimum atomic E-state index is -3.80. The standard InChI is InChI=1S/C16H16ClN3O4S/c1-3-19-13-9-12(10-5-7-11(8-6-10)25(17,23)24)18-14(13)15(21)20(4-2)16(19)22/h5-9,18H,3-4H2,1-2H3. The van der Waals surface area contributed by atoms with E-state index in [4.69, 9.17) is 10.7 Å². The number of halogens is 1. The van der Waals surface area contributed by atoms with E-state index in [2.05, 4.69) is 4.98 Å². The van der Waals surface area contributed by atoms with Crippen molar-refractivity contribution in [3.8, 4) is 11.3 Å². The SMILES string of the molecule is CCn1c(=O)c2[nH]c(-c3ccc(S(=O)(=O)Cl)cc3)cc2n(CC)c1=O. The molecule has 2 aromatic heterocycles. The zero-order valence-electron chi connectivity index (χ0n) is 13.6. The van der Waals surface area contributed by atoms with E-state index in [1.54, 1.807) is 25.1 Å². The van der Waals surface area contributed by atoms with Crippen molar-refractivity contribution in [3.05, 3.63) is 51.2 Å². The molecule has 0 aliphatic heterocycles. The Morgan fingerprint density at radius 2 is 1.64 bits per heavy atom. The number of nitrogens with zero attached hydrogens (tertiary/aromatic N) is 2. The summed E-state index contributed by atoms with van der Waals surface area (Å²) in [4.78, 5) is 27.9. The first-order chi connectivity index (χ1) is 11.8. The normalized spacial score (nSPS) is 12.0. The van der Waals surface area contributed by atoms with Gasteiger partial charge in [0.05, 0.1) is 10.4 Å². The highest BCUT2D eigenvalue weighted by Crippen LogP contribution is 2.24. The van der Waals surface area contributed by atoms with Gasteiger partial charge >= 0.3 is 5.69 Å². The number of H-pyrrole nitrogens is 1. The Balaban J connectivity index is 2.24. The van der Waals surface area contributed by atoms with Gasteiger partial charge in [-0.3, -0.25) is 13.9 Å². The number of hydrogen-bond donors (Lipinski definition) is 1. The van der Waals surface area contributed by atoms with Gasteiger partial charge in [0.2, 0.25) is 0 Å². The molecule has 0 aliphatic carbocycles. The van der Waals surface area contributed by atoms with E-state index in [-0.39, 0.29) is 22.7 Å². The number of aryl methyl sites for hydroxylation is 1. The van der Waals surface area contributed by atoms with E-state index in [0.717, 1.165) is 0 Å². The van der Waals surface area contributed by atoms with Gasteiger partial charge in [-0.1, -0.05) is 12.1 Å². The first-order valence-electron chi connectivity index (χ1n) is 7.69. The van der Waals surface area contributed by atoms with Gasteiger partial charge in [0, 0.05) is 29.5 Å². The third kappa shape index (κ3) is 2.91. The number of aromatic amines is 1. The molecule has 1 aromatic carbocycles. The van der Waals surface area contributed by atoms with Crippen molar-refractivity contribution >= 4 is 30.8 Å².